The largest absolute Gasteiger partial charge is 0.465 e. The number of carbonyl (C=O) groups excluding carboxylic acids is 1. The van der Waals surface area contributed by atoms with Crippen LogP contribution in [-0.2, 0) is 4.74 Å². The summed E-state index contributed by atoms with van der Waals surface area (Å²) in [4.78, 5) is 11.3. The average molecular weight is 259 g/mol. The van der Waals surface area contributed by atoms with E-state index < -0.39 is 0 Å². The van der Waals surface area contributed by atoms with Crippen LogP contribution in [0.4, 0.5) is 0 Å². The van der Waals surface area contributed by atoms with E-state index >= 15 is 0 Å². The molecule has 1 aromatic carbocycles. The van der Waals surface area contributed by atoms with E-state index in [1.807, 2.05) is 12.1 Å². The van der Waals surface area contributed by atoms with Crippen molar-refractivity contribution >= 4 is 12.0 Å². The second-order valence-corrected chi connectivity index (χ2v) is 4.95. The molecule has 0 radical (unpaired) electrons. The third kappa shape index (κ3) is 4.21. The van der Waals surface area contributed by atoms with Gasteiger partial charge >= 0.3 is 5.97 Å². The van der Waals surface area contributed by atoms with E-state index in [1.54, 1.807) is 12.1 Å². The van der Waals surface area contributed by atoms with Crippen molar-refractivity contribution in [1.29, 1.82) is 0 Å². The summed E-state index contributed by atoms with van der Waals surface area (Å²) < 4.78 is 4.67. The molecule has 0 spiro atoms. The lowest BCUT2D eigenvalue weighted by atomic mass is 9.94. The zero-order chi connectivity index (χ0) is 13.5. The third-order valence-corrected chi connectivity index (χ3v) is 3.57. The topological polar surface area (TPSA) is 38.3 Å². The van der Waals surface area contributed by atoms with Gasteiger partial charge < -0.3 is 10.1 Å². The molecule has 0 saturated carbocycles. The van der Waals surface area contributed by atoms with Gasteiger partial charge in [0.25, 0.3) is 0 Å². The Kier molecular flexibility index (Phi) is 5.16. The van der Waals surface area contributed by atoms with Crippen molar-refractivity contribution in [2.24, 2.45) is 5.92 Å². The van der Waals surface area contributed by atoms with E-state index in [0.717, 1.165) is 31.0 Å². The standard InChI is InChI=1S/C16H21NO2/c1-19-16(18)15-7-5-13(6-8-15)3-2-4-14-9-11-17-12-10-14/h2-3,5-8,14,17H,4,9-12H2,1H3/b3-2+. The van der Waals surface area contributed by atoms with E-state index in [9.17, 15) is 4.79 Å². The minimum atomic E-state index is -0.287. The zero-order valence-electron chi connectivity index (χ0n) is 11.4. The molecule has 102 valence electrons. The van der Waals surface area contributed by atoms with Gasteiger partial charge in [0.15, 0.2) is 0 Å². The van der Waals surface area contributed by atoms with Crippen LogP contribution in [0.25, 0.3) is 6.08 Å². The summed E-state index contributed by atoms with van der Waals surface area (Å²) in [6, 6.07) is 7.50. The Morgan fingerprint density at radius 1 is 1.32 bits per heavy atom. The number of ether oxygens (including phenoxy) is 1. The summed E-state index contributed by atoms with van der Waals surface area (Å²) in [5.74, 6) is 0.525. The molecule has 0 aromatic heterocycles. The molecule has 1 aliphatic rings. The van der Waals surface area contributed by atoms with Crippen LogP contribution in [0, 0.1) is 5.92 Å². The molecule has 1 saturated heterocycles. The second-order valence-electron chi connectivity index (χ2n) is 4.95. The maximum Gasteiger partial charge on any atom is 0.337 e. The fraction of sp³-hybridized carbons (Fsp3) is 0.438. The normalized spacial score (nSPS) is 16.7. The van der Waals surface area contributed by atoms with E-state index in [4.69, 9.17) is 0 Å². The van der Waals surface area contributed by atoms with Crippen LogP contribution in [0.5, 0.6) is 0 Å². The first-order valence-electron chi connectivity index (χ1n) is 6.85. The van der Waals surface area contributed by atoms with Crippen LogP contribution in [0.3, 0.4) is 0 Å². The van der Waals surface area contributed by atoms with Gasteiger partial charge in [0, 0.05) is 0 Å². The highest BCUT2D eigenvalue weighted by Crippen LogP contribution is 2.17. The number of benzene rings is 1. The summed E-state index contributed by atoms with van der Waals surface area (Å²) in [6.45, 7) is 2.29. The van der Waals surface area contributed by atoms with Crippen LogP contribution >= 0.6 is 0 Å². The van der Waals surface area contributed by atoms with Gasteiger partial charge in [-0.2, -0.15) is 0 Å². The van der Waals surface area contributed by atoms with Crippen molar-refractivity contribution in [3.63, 3.8) is 0 Å². The van der Waals surface area contributed by atoms with Crippen molar-refractivity contribution in [3.8, 4) is 0 Å². The van der Waals surface area contributed by atoms with Gasteiger partial charge in [-0.05, 0) is 56.0 Å². The molecule has 0 bridgehead atoms. The first-order chi connectivity index (χ1) is 9.29. The van der Waals surface area contributed by atoms with Crippen molar-refractivity contribution in [2.75, 3.05) is 20.2 Å². The third-order valence-electron chi connectivity index (χ3n) is 3.57. The highest BCUT2D eigenvalue weighted by molar-refractivity contribution is 5.89. The van der Waals surface area contributed by atoms with Crippen molar-refractivity contribution in [3.05, 3.63) is 41.5 Å². The molecule has 1 heterocycles. The summed E-state index contributed by atoms with van der Waals surface area (Å²) in [7, 11) is 1.40. The molecule has 1 N–H and O–H groups in total. The quantitative estimate of drug-likeness (QED) is 0.845. The fourth-order valence-corrected chi connectivity index (χ4v) is 2.36. The molecule has 1 fully saturated rings. The summed E-state index contributed by atoms with van der Waals surface area (Å²) in [6.07, 6.45) is 8.05. The van der Waals surface area contributed by atoms with Gasteiger partial charge in [0.1, 0.15) is 0 Å². The number of allylic oxidation sites excluding steroid dienone is 1. The Labute approximate surface area is 114 Å². The van der Waals surface area contributed by atoms with Crippen molar-refractivity contribution in [1.82, 2.24) is 5.32 Å². The van der Waals surface area contributed by atoms with Crippen LogP contribution in [0.2, 0.25) is 0 Å². The predicted octanol–water partition coefficient (Wildman–Crippen LogP) is 2.88. The number of carbonyl (C=O) groups is 1. The van der Waals surface area contributed by atoms with Crippen molar-refractivity contribution < 1.29 is 9.53 Å². The first-order valence-corrected chi connectivity index (χ1v) is 6.85. The smallest absolute Gasteiger partial charge is 0.337 e. The molecule has 0 aliphatic carbocycles. The highest BCUT2D eigenvalue weighted by atomic mass is 16.5. The minimum Gasteiger partial charge on any atom is -0.465 e. The molecular weight excluding hydrogens is 238 g/mol. The van der Waals surface area contributed by atoms with Gasteiger partial charge in [-0.15, -0.1) is 0 Å². The van der Waals surface area contributed by atoms with Crippen LogP contribution in [0.1, 0.15) is 35.2 Å². The molecule has 0 atom stereocenters. The van der Waals surface area contributed by atoms with Crippen LogP contribution in [-0.4, -0.2) is 26.2 Å². The SMILES string of the molecule is COC(=O)c1ccc(/C=C/CC2CCNCC2)cc1. The molecule has 0 unspecified atom stereocenters. The number of nitrogens with one attached hydrogen (secondary N) is 1. The van der Waals surface area contributed by atoms with Gasteiger partial charge in [0.05, 0.1) is 12.7 Å². The minimum absolute atomic E-state index is 0.287. The maximum absolute atomic E-state index is 11.3. The maximum atomic E-state index is 11.3. The first kappa shape index (κ1) is 13.8. The molecule has 19 heavy (non-hydrogen) atoms. The van der Waals surface area contributed by atoms with Gasteiger partial charge in [-0.3, -0.25) is 0 Å². The summed E-state index contributed by atoms with van der Waals surface area (Å²) in [5.41, 5.74) is 1.72. The number of esters is 1. The molecule has 0 amide bonds. The Hall–Kier alpha value is -1.61. The average Bonchev–Trinajstić information content (AvgIpc) is 2.48. The van der Waals surface area contributed by atoms with Gasteiger partial charge in [0.2, 0.25) is 0 Å². The van der Waals surface area contributed by atoms with Crippen LogP contribution in [0.15, 0.2) is 30.3 Å². The molecule has 1 aliphatic heterocycles. The van der Waals surface area contributed by atoms with E-state index in [1.165, 1.54) is 20.0 Å². The zero-order valence-corrected chi connectivity index (χ0v) is 11.4. The van der Waals surface area contributed by atoms with E-state index in [-0.39, 0.29) is 5.97 Å². The Morgan fingerprint density at radius 2 is 2.00 bits per heavy atom. The summed E-state index contributed by atoms with van der Waals surface area (Å²) >= 11 is 0. The molecular formula is C16H21NO2. The second kappa shape index (κ2) is 7.10. The molecule has 1 aromatic rings. The van der Waals surface area contributed by atoms with Gasteiger partial charge in [-0.1, -0.05) is 24.3 Å². The van der Waals surface area contributed by atoms with E-state index in [2.05, 4.69) is 22.2 Å². The predicted molar refractivity (Wildman–Crippen MR) is 77.0 cm³/mol. The fourth-order valence-electron chi connectivity index (χ4n) is 2.36. The van der Waals surface area contributed by atoms with Gasteiger partial charge in [-0.25, -0.2) is 4.79 Å². The summed E-state index contributed by atoms with van der Waals surface area (Å²) in [5, 5.41) is 3.38. The Balaban J connectivity index is 1.86. The van der Waals surface area contributed by atoms with E-state index in [0.29, 0.717) is 5.56 Å². The van der Waals surface area contributed by atoms with Crippen LogP contribution < -0.4 is 5.32 Å². The Bertz CT molecular complexity index is 431. The monoisotopic (exact) mass is 259 g/mol. The molecule has 3 heteroatoms. The highest BCUT2D eigenvalue weighted by Gasteiger charge is 2.10. The number of piperidine rings is 1. The molecule has 2 rings (SSSR count). The number of hydrogen-bond acceptors (Lipinski definition) is 3. The Morgan fingerprint density at radius 3 is 2.63 bits per heavy atom. The number of methoxy groups -OCH3 is 1. The lowest BCUT2D eigenvalue weighted by Gasteiger charge is -2.20. The number of rotatable bonds is 4. The number of hydrogen-bond donors (Lipinski definition) is 1. The molecule has 3 nitrogen and oxygen atoms in total. The lowest BCUT2D eigenvalue weighted by molar-refractivity contribution is 0.0601. The van der Waals surface area contributed by atoms with Crippen molar-refractivity contribution in [2.45, 2.75) is 19.3 Å². The lowest BCUT2D eigenvalue weighted by Crippen LogP contribution is -2.27.